The number of carbonyl (C=O) groups excluding carboxylic acids is 1. The average Bonchev–Trinajstić information content (AvgIpc) is 2.59. The van der Waals surface area contributed by atoms with E-state index in [1.165, 1.54) is 12.3 Å². The Labute approximate surface area is 142 Å². The van der Waals surface area contributed by atoms with E-state index < -0.39 is 17.7 Å². The summed E-state index contributed by atoms with van der Waals surface area (Å²) in [6, 6.07) is 5.48. The molecule has 0 radical (unpaired) electrons. The van der Waals surface area contributed by atoms with Crippen molar-refractivity contribution >= 4 is 17.6 Å². The second kappa shape index (κ2) is 8.32. The van der Waals surface area contributed by atoms with Gasteiger partial charge >= 0.3 is 12.1 Å². The highest BCUT2D eigenvalue weighted by Gasteiger charge is 2.30. The lowest BCUT2D eigenvalue weighted by Crippen LogP contribution is -2.15. The molecule has 0 amide bonds. The number of nitrogens with one attached hydrogen (secondary N) is 2. The maximum absolute atomic E-state index is 12.4. The van der Waals surface area contributed by atoms with Crippen LogP contribution >= 0.6 is 0 Å². The van der Waals surface area contributed by atoms with E-state index >= 15 is 0 Å². The molecule has 0 spiro atoms. The predicted octanol–water partition coefficient (Wildman–Crippen LogP) is 3.20. The number of halogens is 3. The second-order valence-corrected chi connectivity index (χ2v) is 4.94. The van der Waals surface area contributed by atoms with E-state index in [9.17, 15) is 18.0 Å². The van der Waals surface area contributed by atoms with E-state index in [1.54, 1.807) is 19.1 Å². The number of rotatable bonds is 7. The van der Waals surface area contributed by atoms with Gasteiger partial charge in [0.05, 0.1) is 17.7 Å². The third-order valence-electron chi connectivity index (χ3n) is 3.10. The van der Waals surface area contributed by atoms with Crippen molar-refractivity contribution in [2.24, 2.45) is 0 Å². The predicted molar refractivity (Wildman–Crippen MR) is 86.4 cm³/mol. The molecule has 0 saturated heterocycles. The molecule has 2 rings (SSSR count). The lowest BCUT2D eigenvalue weighted by molar-refractivity contribution is -0.137. The molecule has 0 aliphatic carbocycles. The zero-order valence-electron chi connectivity index (χ0n) is 13.4. The molecular formula is C16H17F3N4O2. The van der Waals surface area contributed by atoms with Crippen molar-refractivity contribution in [3.05, 3.63) is 47.8 Å². The highest BCUT2D eigenvalue weighted by Crippen LogP contribution is 2.28. The number of hydrogen-bond acceptors (Lipinski definition) is 6. The number of ether oxygens (including phenoxy) is 1. The van der Waals surface area contributed by atoms with Crippen molar-refractivity contribution in [1.82, 2.24) is 9.97 Å². The number of anilines is 2. The Morgan fingerprint density at radius 3 is 2.08 bits per heavy atom. The molecule has 0 aliphatic heterocycles. The Hall–Kier alpha value is -2.84. The monoisotopic (exact) mass is 354 g/mol. The van der Waals surface area contributed by atoms with Gasteiger partial charge in [0.2, 0.25) is 0 Å². The van der Waals surface area contributed by atoms with Gasteiger partial charge in [0, 0.05) is 25.5 Å². The maximum atomic E-state index is 12.4. The van der Waals surface area contributed by atoms with Crippen LogP contribution < -0.4 is 10.6 Å². The Morgan fingerprint density at radius 1 is 1.04 bits per heavy atom. The number of alkyl halides is 3. The molecule has 2 aromatic heterocycles. The summed E-state index contributed by atoms with van der Waals surface area (Å²) in [4.78, 5) is 19.3. The zero-order valence-corrected chi connectivity index (χ0v) is 13.4. The normalized spacial score (nSPS) is 11.0. The van der Waals surface area contributed by atoms with Crippen molar-refractivity contribution < 1.29 is 22.7 Å². The maximum Gasteiger partial charge on any atom is 0.417 e. The van der Waals surface area contributed by atoms with Crippen LogP contribution in [0.25, 0.3) is 0 Å². The molecule has 2 aromatic rings. The third kappa shape index (κ3) is 5.63. The van der Waals surface area contributed by atoms with Gasteiger partial charge < -0.3 is 15.4 Å². The Bertz CT molecular complexity index is 688. The number of pyridine rings is 2. The van der Waals surface area contributed by atoms with Gasteiger partial charge in [-0.3, -0.25) is 0 Å². The quantitative estimate of drug-likeness (QED) is 0.587. The van der Waals surface area contributed by atoms with Crippen LogP contribution in [0.4, 0.5) is 24.8 Å². The van der Waals surface area contributed by atoms with Crippen LogP contribution in [0, 0.1) is 0 Å². The fraction of sp³-hybridized carbons (Fsp3) is 0.312. The van der Waals surface area contributed by atoms with Gasteiger partial charge in [-0.25, -0.2) is 14.8 Å². The van der Waals surface area contributed by atoms with Gasteiger partial charge in [0.1, 0.15) is 11.6 Å². The van der Waals surface area contributed by atoms with Crippen LogP contribution in [0.15, 0.2) is 36.7 Å². The number of esters is 1. The summed E-state index contributed by atoms with van der Waals surface area (Å²) < 4.78 is 42.1. The summed E-state index contributed by atoms with van der Waals surface area (Å²) in [5.41, 5.74) is -0.429. The first kappa shape index (κ1) is 18.5. The van der Waals surface area contributed by atoms with Gasteiger partial charge in [-0.2, -0.15) is 13.2 Å². The van der Waals surface area contributed by atoms with Crippen LogP contribution in [0.3, 0.4) is 0 Å². The molecule has 0 atom stereocenters. The number of hydrogen-bond donors (Lipinski definition) is 2. The van der Waals surface area contributed by atoms with Crippen molar-refractivity contribution in [3.63, 3.8) is 0 Å². The molecule has 0 unspecified atom stereocenters. The lowest BCUT2D eigenvalue weighted by atomic mass is 10.3. The lowest BCUT2D eigenvalue weighted by Gasteiger charge is -2.10. The minimum absolute atomic E-state index is 0.294. The van der Waals surface area contributed by atoms with E-state index in [4.69, 9.17) is 4.74 Å². The molecule has 134 valence electrons. The van der Waals surface area contributed by atoms with E-state index in [2.05, 4.69) is 20.6 Å². The minimum Gasteiger partial charge on any atom is -0.462 e. The first-order valence-electron chi connectivity index (χ1n) is 7.54. The van der Waals surface area contributed by atoms with E-state index in [1.807, 2.05) is 0 Å². The minimum atomic E-state index is -4.39. The molecule has 6 nitrogen and oxygen atoms in total. The molecule has 2 N–H and O–H groups in total. The van der Waals surface area contributed by atoms with Crippen LogP contribution in [0.1, 0.15) is 22.8 Å². The largest absolute Gasteiger partial charge is 0.462 e. The van der Waals surface area contributed by atoms with Crippen molar-refractivity contribution in [1.29, 1.82) is 0 Å². The first-order chi connectivity index (χ1) is 11.9. The average molecular weight is 354 g/mol. The molecule has 0 fully saturated rings. The molecule has 0 saturated carbocycles. The third-order valence-corrected chi connectivity index (χ3v) is 3.10. The SMILES string of the molecule is CCOC(=O)c1ccc(NCCNc2ccc(C(F)(F)F)cn2)nc1. The smallest absolute Gasteiger partial charge is 0.417 e. The van der Waals surface area contributed by atoms with Crippen molar-refractivity contribution in [2.75, 3.05) is 30.3 Å². The fourth-order valence-corrected chi connectivity index (χ4v) is 1.88. The second-order valence-electron chi connectivity index (χ2n) is 4.94. The van der Waals surface area contributed by atoms with Crippen LogP contribution in [-0.4, -0.2) is 35.6 Å². The molecule has 2 heterocycles. The van der Waals surface area contributed by atoms with E-state index in [0.29, 0.717) is 36.9 Å². The van der Waals surface area contributed by atoms with Gasteiger partial charge in [-0.05, 0) is 31.2 Å². The summed E-state index contributed by atoms with van der Waals surface area (Å²) in [5.74, 6) is 0.479. The van der Waals surface area contributed by atoms with Gasteiger partial charge in [0.15, 0.2) is 0 Å². The van der Waals surface area contributed by atoms with Crippen molar-refractivity contribution in [2.45, 2.75) is 13.1 Å². The fourth-order valence-electron chi connectivity index (χ4n) is 1.88. The summed E-state index contributed by atoms with van der Waals surface area (Å²) in [6.07, 6.45) is -2.20. The summed E-state index contributed by atoms with van der Waals surface area (Å²) in [7, 11) is 0. The highest BCUT2D eigenvalue weighted by atomic mass is 19.4. The summed E-state index contributed by atoms with van der Waals surface area (Å²) in [5, 5.41) is 5.91. The molecular weight excluding hydrogens is 337 g/mol. The highest BCUT2D eigenvalue weighted by molar-refractivity contribution is 5.89. The Morgan fingerprint density at radius 2 is 1.64 bits per heavy atom. The van der Waals surface area contributed by atoms with Crippen LogP contribution in [0.5, 0.6) is 0 Å². The summed E-state index contributed by atoms with van der Waals surface area (Å²) >= 11 is 0. The number of carbonyl (C=O) groups is 1. The Balaban J connectivity index is 1.76. The van der Waals surface area contributed by atoms with Crippen LogP contribution in [-0.2, 0) is 10.9 Å². The molecule has 9 heteroatoms. The summed E-state index contributed by atoms with van der Waals surface area (Å²) in [6.45, 7) is 2.91. The molecule has 0 aliphatic rings. The van der Waals surface area contributed by atoms with Crippen molar-refractivity contribution in [3.8, 4) is 0 Å². The molecule has 0 bridgehead atoms. The first-order valence-corrected chi connectivity index (χ1v) is 7.54. The molecule has 0 aromatic carbocycles. The Kier molecular flexibility index (Phi) is 6.15. The van der Waals surface area contributed by atoms with Gasteiger partial charge in [-0.1, -0.05) is 0 Å². The van der Waals surface area contributed by atoms with E-state index in [-0.39, 0.29) is 0 Å². The topological polar surface area (TPSA) is 76.1 Å². The molecule has 25 heavy (non-hydrogen) atoms. The zero-order chi connectivity index (χ0) is 18.3. The number of nitrogens with zero attached hydrogens (tertiary/aromatic N) is 2. The van der Waals surface area contributed by atoms with Crippen LogP contribution in [0.2, 0.25) is 0 Å². The standard InChI is InChI=1S/C16H17F3N4O2/c1-2-25-15(24)11-3-5-13(22-9-11)20-7-8-21-14-6-4-12(10-23-14)16(17,18)19/h3-6,9-10H,2,7-8H2,1H3,(H,20,22)(H,21,23). The van der Waals surface area contributed by atoms with E-state index in [0.717, 1.165) is 12.3 Å². The number of aromatic nitrogens is 2. The van der Waals surface area contributed by atoms with Gasteiger partial charge in [0.25, 0.3) is 0 Å². The van der Waals surface area contributed by atoms with Gasteiger partial charge in [-0.15, -0.1) is 0 Å².